The Morgan fingerprint density at radius 1 is 1.33 bits per heavy atom. The molecule has 6 heteroatoms. The number of alkyl halides is 3. The molecule has 1 aromatic carbocycles. The van der Waals surface area contributed by atoms with E-state index in [0.29, 0.717) is 4.47 Å². The van der Waals surface area contributed by atoms with Crippen molar-refractivity contribution in [2.45, 2.75) is 26.1 Å². The number of anilines is 1. The van der Waals surface area contributed by atoms with Crippen LogP contribution in [0.15, 0.2) is 22.7 Å². The van der Waals surface area contributed by atoms with E-state index in [4.69, 9.17) is 5.11 Å². The van der Waals surface area contributed by atoms with Crippen LogP contribution in [0.2, 0.25) is 0 Å². The van der Waals surface area contributed by atoms with Crippen LogP contribution >= 0.6 is 15.9 Å². The SMILES string of the molecule is CC(C)N(CCO)c1ccc(Br)cc1C(F)(F)F. The largest absolute Gasteiger partial charge is 0.418 e. The summed E-state index contributed by atoms with van der Waals surface area (Å²) < 4.78 is 39.3. The molecule has 2 nitrogen and oxygen atoms in total. The second-order valence-corrected chi connectivity index (χ2v) is 5.09. The van der Waals surface area contributed by atoms with Crippen molar-refractivity contribution >= 4 is 21.6 Å². The molecule has 0 bridgehead atoms. The van der Waals surface area contributed by atoms with Crippen molar-refractivity contribution in [1.29, 1.82) is 0 Å². The molecular formula is C12H15BrF3NO. The zero-order chi connectivity index (χ0) is 13.9. The highest BCUT2D eigenvalue weighted by Gasteiger charge is 2.35. The molecule has 0 aliphatic rings. The standard InChI is InChI=1S/C12H15BrF3NO/c1-8(2)17(5-6-18)11-4-3-9(13)7-10(11)12(14,15)16/h3-4,7-8,18H,5-6H2,1-2H3. The van der Waals surface area contributed by atoms with Gasteiger partial charge < -0.3 is 10.0 Å². The minimum absolute atomic E-state index is 0.0924. The van der Waals surface area contributed by atoms with Crippen LogP contribution in [0.25, 0.3) is 0 Å². The fourth-order valence-electron chi connectivity index (χ4n) is 1.75. The number of aliphatic hydroxyl groups excluding tert-OH is 1. The molecule has 0 aliphatic heterocycles. The van der Waals surface area contributed by atoms with Gasteiger partial charge in [-0.3, -0.25) is 0 Å². The number of benzene rings is 1. The lowest BCUT2D eigenvalue weighted by molar-refractivity contribution is -0.137. The molecule has 0 aromatic heterocycles. The molecule has 0 saturated carbocycles. The van der Waals surface area contributed by atoms with E-state index in [1.807, 2.05) is 0 Å². The molecule has 1 rings (SSSR count). The third-order valence-electron chi connectivity index (χ3n) is 2.54. The molecule has 0 radical (unpaired) electrons. The first kappa shape index (κ1) is 15.3. The number of halogens is 4. The van der Waals surface area contributed by atoms with Crippen LogP contribution in [0, 0.1) is 0 Å². The van der Waals surface area contributed by atoms with Crippen LogP contribution in [-0.2, 0) is 6.18 Å². The molecule has 1 N–H and O–H groups in total. The Hall–Kier alpha value is -0.750. The first-order valence-corrected chi connectivity index (χ1v) is 6.31. The lowest BCUT2D eigenvalue weighted by Gasteiger charge is -2.30. The average Bonchev–Trinajstić information content (AvgIpc) is 2.24. The van der Waals surface area contributed by atoms with E-state index in [0.717, 1.165) is 6.07 Å². The maximum atomic E-state index is 13.0. The van der Waals surface area contributed by atoms with E-state index in [9.17, 15) is 13.2 Å². The lowest BCUT2D eigenvalue weighted by atomic mass is 10.1. The van der Waals surface area contributed by atoms with E-state index < -0.39 is 11.7 Å². The van der Waals surface area contributed by atoms with Crippen molar-refractivity contribution in [1.82, 2.24) is 0 Å². The highest BCUT2D eigenvalue weighted by Crippen LogP contribution is 2.38. The van der Waals surface area contributed by atoms with E-state index in [2.05, 4.69) is 15.9 Å². The normalized spacial score (nSPS) is 12.0. The summed E-state index contributed by atoms with van der Waals surface area (Å²) in [4.78, 5) is 1.54. The summed E-state index contributed by atoms with van der Waals surface area (Å²) in [6, 6.07) is 3.92. The predicted molar refractivity (Wildman–Crippen MR) is 68.7 cm³/mol. The molecule has 0 unspecified atom stereocenters. The van der Waals surface area contributed by atoms with Crippen molar-refractivity contribution in [2.75, 3.05) is 18.1 Å². The second-order valence-electron chi connectivity index (χ2n) is 4.17. The van der Waals surface area contributed by atoms with E-state index >= 15 is 0 Å². The molecule has 0 aliphatic carbocycles. The van der Waals surface area contributed by atoms with Gasteiger partial charge in [-0.2, -0.15) is 13.2 Å². The van der Waals surface area contributed by atoms with Gasteiger partial charge in [-0.05, 0) is 32.0 Å². The summed E-state index contributed by atoms with van der Waals surface area (Å²) in [5.74, 6) is 0. The lowest BCUT2D eigenvalue weighted by Crippen LogP contribution is -2.35. The Morgan fingerprint density at radius 3 is 2.39 bits per heavy atom. The van der Waals surface area contributed by atoms with Gasteiger partial charge in [-0.1, -0.05) is 15.9 Å². The van der Waals surface area contributed by atoms with Crippen LogP contribution in [0.3, 0.4) is 0 Å². The maximum absolute atomic E-state index is 13.0. The summed E-state index contributed by atoms with van der Waals surface area (Å²) in [5.41, 5.74) is -0.603. The van der Waals surface area contributed by atoms with Gasteiger partial charge in [0.25, 0.3) is 0 Å². The quantitative estimate of drug-likeness (QED) is 0.912. The van der Waals surface area contributed by atoms with Gasteiger partial charge in [0.1, 0.15) is 0 Å². The maximum Gasteiger partial charge on any atom is 0.418 e. The molecule has 0 saturated heterocycles. The van der Waals surface area contributed by atoms with Gasteiger partial charge in [0, 0.05) is 22.7 Å². The van der Waals surface area contributed by atoms with Crippen LogP contribution in [0.5, 0.6) is 0 Å². The number of aliphatic hydroxyl groups is 1. The molecule has 0 fully saturated rings. The molecular weight excluding hydrogens is 311 g/mol. The van der Waals surface area contributed by atoms with Crippen LogP contribution in [-0.4, -0.2) is 24.3 Å². The van der Waals surface area contributed by atoms with E-state index in [1.165, 1.54) is 11.0 Å². The van der Waals surface area contributed by atoms with Crippen LogP contribution in [0.1, 0.15) is 19.4 Å². The fraction of sp³-hybridized carbons (Fsp3) is 0.500. The highest BCUT2D eigenvalue weighted by atomic mass is 79.9. The van der Waals surface area contributed by atoms with Crippen molar-refractivity contribution in [3.8, 4) is 0 Å². The average molecular weight is 326 g/mol. The number of rotatable bonds is 4. The zero-order valence-corrected chi connectivity index (χ0v) is 11.7. The Morgan fingerprint density at radius 2 is 1.94 bits per heavy atom. The Labute approximate surface area is 113 Å². The van der Waals surface area contributed by atoms with Gasteiger partial charge in [0.15, 0.2) is 0 Å². The summed E-state index contributed by atoms with van der Waals surface area (Å²) >= 11 is 3.05. The van der Waals surface area contributed by atoms with Gasteiger partial charge >= 0.3 is 6.18 Å². The summed E-state index contributed by atoms with van der Waals surface area (Å²) in [7, 11) is 0. The third-order valence-corrected chi connectivity index (χ3v) is 3.03. The summed E-state index contributed by atoms with van der Waals surface area (Å²) in [6.07, 6.45) is -4.41. The van der Waals surface area contributed by atoms with E-state index in [1.54, 1.807) is 19.9 Å². The smallest absolute Gasteiger partial charge is 0.395 e. The fourth-order valence-corrected chi connectivity index (χ4v) is 2.11. The number of hydrogen-bond acceptors (Lipinski definition) is 2. The summed E-state index contributed by atoms with van der Waals surface area (Å²) in [5, 5.41) is 8.96. The van der Waals surface area contributed by atoms with Crippen molar-refractivity contribution in [2.24, 2.45) is 0 Å². The highest BCUT2D eigenvalue weighted by molar-refractivity contribution is 9.10. The molecule has 18 heavy (non-hydrogen) atoms. The van der Waals surface area contributed by atoms with Gasteiger partial charge in [-0.15, -0.1) is 0 Å². The number of nitrogens with zero attached hydrogens (tertiary/aromatic N) is 1. The first-order chi connectivity index (χ1) is 8.27. The third kappa shape index (κ3) is 3.62. The first-order valence-electron chi connectivity index (χ1n) is 5.51. The van der Waals surface area contributed by atoms with Crippen molar-refractivity contribution in [3.05, 3.63) is 28.2 Å². The minimum atomic E-state index is -4.41. The van der Waals surface area contributed by atoms with Crippen LogP contribution < -0.4 is 4.90 Å². The molecule has 0 atom stereocenters. The number of hydrogen-bond donors (Lipinski definition) is 1. The molecule has 1 aromatic rings. The molecule has 0 heterocycles. The topological polar surface area (TPSA) is 23.5 Å². The summed E-state index contributed by atoms with van der Waals surface area (Å²) in [6.45, 7) is 3.56. The van der Waals surface area contributed by atoms with Crippen molar-refractivity contribution in [3.63, 3.8) is 0 Å². The van der Waals surface area contributed by atoms with Gasteiger partial charge in [0.05, 0.1) is 12.2 Å². The monoisotopic (exact) mass is 325 g/mol. The van der Waals surface area contributed by atoms with Gasteiger partial charge in [-0.25, -0.2) is 0 Å². The predicted octanol–water partition coefficient (Wildman–Crippen LogP) is 3.68. The Bertz CT molecular complexity index is 407. The van der Waals surface area contributed by atoms with Gasteiger partial charge in [0.2, 0.25) is 0 Å². The minimum Gasteiger partial charge on any atom is -0.395 e. The zero-order valence-electron chi connectivity index (χ0n) is 10.1. The van der Waals surface area contributed by atoms with Crippen molar-refractivity contribution < 1.29 is 18.3 Å². The molecule has 0 spiro atoms. The molecule has 102 valence electrons. The van der Waals surface area contributed by atoms with E-state index in [-0.39, 0.29) is 24.9 Å². The van der Waals surface area contributed by atoms with Crippen LogP contribution in [0.4, 0.5) is 18.9 Å². The Kier molecular flexibility index (Phi) is 5.04. The Balaban J connectivity index is 3.29. The second kappa shape index (κ2) is 5.93. The molecule has 0 amide bonds.